The number of non-ortho nitro benzene ring substituents is 1. The average Bonchev–Trinajstić information content (AvgIpc) is 2.38. The molecule has 6 nitrogen and oxygen atoms in total. The van der Waals surface area contributed by atoms with Gasteiger partial charge >= 0.3 is 0 Å². The van der Waals surface area contributed by atoms with Gasteiger partial charge in [0.05, 0.1) is 28.6 Å². The third-order valence-corrected chi connectivity index (χ3v) is 2.62. The lowest BCUT2D eigenvalue weighted by Gasteiger charge is -2.15. The number of carbonyl (C=O) groups is 1. The van der Waals surface area contributed by atoms with Crippen LogP contribution in [0, 0.1) is 26.9 Å². The molecule has 19 heavy (non-hydrogen) atoms. The maximum atomic E-state index is 10.9. The molecule has 0 aliphatic rings. The van der Waals surface area contributed by atoms with E-state index < -0.39 is 10.3 Å². The fourth-order valence-electron chi connectivity index (χ4n) is 1.35. The standard InChI is InChI=1S/C13H14N2O4/c1-13(2,9-14)5-6-19-12-4-3-11(15(17)18)7-10(12)8-16/h3-4,7-8H,5-6H2,1-2H3. The summed E-state index contributed by atoms with van der Waals surface area (Å²) in [6, 6.07) is 5.97. The normalized spacial score (nSPS) is 10.6. The van der Waals surface area contributed by atoms with Gasteiger partial charge in [-0.05, 0) is 26.3 Å². The Morgan fingerprint density at radius 1 is 1.53 bits per heavy atom. The number of nitrogens with zero attached hydrogens (tertiary/aromatic N) is 2. The first-order chi connectivity index (χ1) is 8.89. The first kappa shape index (κ1) is 14.6. The van der Waals surface area contributed by atoms with Crippen molar-refractivity contribution in [1.29, 1.82) is 5.26 Å². The minimum Gasteiger partial charge on any atom is -0.493 e. The topological polar surface area (TPSA) is 93.2 Å². The van der Waals surface area contributed by atoms with Crippen LogP contribution in [0.4, 0.5) is 5.69 Å². The third-order valence-electron chi connectivity index (χ3n) is 2.62. The first-order valence-corrected chi connectivity index (χ1v) is 5.67. The number of rotatable bonds is 6. The smallest absolute Gasteiger partial charge is 0.270 e. The van der Waals surface area contributed by atoms with E-state index in [1.165, 1.54) is 12.1 Å². The highest BCUT2D eigenvalue weighted by atomic mass is 16.6. The molecule has 6 heteroatoms. The summed E-state index contributed by atoms with van der Waals surface area (Å²) in [5.41, 5.74) is -0.543. The van der Waals surface area contributed by atoms with Crippen molar-refractivity contribution in [3.63, 3.8) is 0 Å². The summed E-state index contributed by atoms with van der Waals surface area (Å²) in [5.74, 6) is 0.286. The number of hydrogen-bond acceptors (Lipinski definition) is 5. The van der Waals surface area contributed by atoms with Gasteiger partial charge in [0.2, 0.25) is 0 Å². The lowest BCUT2D eigenvalue weighted by molar-refractivity contribution is -0.384. The molecule has 0 aliphatic carbocycles. The monoisotopic (exact) mass is 262 g/mol. The molecule has 0 heterocycles. The van der Waals surface area contributed by atoms with Gasteiger partial charge in [0.1, 0.15) is 5.75 Å². The minimum absolute atomic E-state index is 0.129. The highest BCUT2D eigenvalue weighted by Gasteiger charge is 2.17. The Morgan fingerprint density at radius 3 is 2.74 bits per heavy atom. The van der Waals surface area contributed by atoms with Crippen LogP contribution in [0.15, 0.2) is 18.2 Å². The summed E-state index contributed by atoms with van der Waals surface area (Å²) >= 11 is 0. The molecule has 1 aromatic rings. The van der Waals surface area contributed by atoms with Crippen molar-refractivity contribution in [2.45, 2.75) is 20.3 Å². The molecule has 0 amide bonds. The molecule has 100 valence electrons. The molecule has 0 aromatic heterocycles. The molecular weight excluding hydrogens is 248 g/mol. The Labute approximate surface area is 110 Å². The Hall–Kier alpha value is -2.42. The lowest BCUT2D eigenvalue weighted by Crippen LogP contribution is -2.13. The second-order valence-corrected chi connectivity index (χ2v) is 4.69. The first-order valence-electron chi connectivity index (χ1n) is 5.67. The Kier molecular flexibility index (Phi) is 4.59. The van der Waals surface area contributed by atoms with Crippen LogP contribution in [-0.2, 0) is 0 Å². The summed E-state index contributed by atoms with van der Waals surface area (Å²) in [5, 5.41) is 19.4. The number of nitriles is 1. The van der Waals surface area contributed by atoms with Crippen LogP contribution in [0.3, 0.4) is 0 Å². The summed E-state index contributed by atoms with van der Waals surface area (Å²) in [6.07, 6.45) is 1.01. The molecule has 0 bridgehead atoms. The van der Waals surface area contributed by atoms with Gasteiger partial charge in [-0.2, -0.15) is 5.26 Å². The van der Waals surface area contributed by atoms with Crippen LogP contribution in [0.25, 0.3) is 0 Å². The van der Waals surface area contributed by atoms with Crippen molar-refractivity contribution in [2.24, 2.45) is 5.41 Å². The van der Waals surface area contributed by atoms with Crippen LogP contribution >= 0.6 is 0 Å². The number of benzene rings is 1. The van der Waals surface area contributed by atoms with E-state index >= 15 is 0 Å². The van der Waals surface area contributed by atoms with Crippen molar-refractivity contribution in [3.05, 3.63) is 33.9 Å². The third kappa shape index (κ3) is 4.07. The van der Waals surface area contributed by atoms with Crippen molar-refractivity contribution in [3.8, 4) is 11.8 Å². The van der Waals surface area contributed by atoms with Crippen LogP contribution < -0.4 is 4.74 Å². The zero-order chi connectivity index (χ0) is 14.5. The van der Waals surface area contributed by atoms with Crippen LogP contribution in [-0.4, -0.2) is 17.8 Å². The van der Waals surface area contributed by atoms with Gasteiger partial charge in [-0.25, -0.2) is 0 Å². The van der Waals surface area contributed by atoms with E-state index in [1.807, 2.05) is 0 Å². The predicted molar refractivity (Wildman–Crippen MR) is 68.0 cm³/mol. The Bertz CT molecular complexity index is 532. The fourth-order valence-corrected chi connectivity index (χ4v) is 1.35. The molecule has 0 fully saturated rings. The molecule has 0 radical (unpaired) electrons. The van der Waals surface area contributed by atoms with Crippen LogP contribution in [0.5, 0.6) is 5.75 Å². The molecule has 0 saturated carbocycles. The molecule has 0 aliphatic heterocycles. The quantitative estimate of drug-likeness (QED) is 0.446. The average molecular weight is 262 g/mol. The van der Waals surface area contributed by atoms with E-state index in [4.69, 9.17) is 10.00 Å². The van der Waals surface area contributed by atoms with Gasteiger partial charge in [-0.1, -0.05) is 0 Å². The summed E-state index contributed by atoms with van der Waals surface area (Å²) in [6.45, 7) is 3.83. The van der Waals surface area contributed by atoms with E-state index in [2.05, 4.69) is 6.07 Å². The van der Waals surface area contributed by atoms with Gasteiger partial charge in [0.25, 0.3) is 5.69 Å². The zero-order valence-corrected chi connectivity index (χ0v) is 10.8. The molecule has 0 N–H and O–H groups in total. The van der Waals surface area contributed by atoms with Crippen molar-refractivity contribution < 1.29 is 14.5 Å². The number of aldehydes is 1. The predicted octanol–water partition coefficient (Wildman–Crippen LogP) is 2.73. The maximum Gasteiger partial charge on any atom is 0.270 e. The number of nitro groups is 1. The Morgan fingerprint density at radius 2 is 2.21 bits per heavy atom. The summed E-state index contributed by atoms with van der Waals surface area (Å²) in [7, 11) is 0. The second-order valence-electron chi connectivity index (χ2n) is 4.69. The van der Waals surface area contributed by atoms with Crippen molar-refractivity contribution in [1.82, 2.24) is 0 Å². The lowest BCUT2D eigenvalue weighted by atomic mass is 9.92. The number of nitro benzene ring substituents is 1. The highest BCUT2D eigenvalue weighted by Crippen LogP contribution is 2.24. The number of carbonyl (C=O) groups excluding carboxylic acids is 1. The summed E-state index contributed by atoms with van der Waals surface area (Å²) in [4.78, 5) is 20.9. The molecular formula is C13H14N2O4. The van der Waals surface area contributed by atoms with Gasteiger partial charge < -0.3 is 4.74 Å². The molecule has 1 rings (SSSR count). The molecule has 0 spiro atoms. The van der Waals surface area contributed by atoms with E-state index in [0.717, 1.165) is 6.07 Å². The minimum atomic E-state index is -0.574. The van der Waals surface area contributed by atoms with Gasteiger partial charge in [0, 0.05) is 12.1 Å². The van der Waals surface area contributed by atoms with E-state index in [9.17, 15) is 14.9 Å². The van der Waals surface area contributed by atoms with E-state index in [0.29, 0.717) is 12.7 Å². The van der Waals surface area contributed by atoms with Crippen LogP contribution in [0.2, 0.25) is 0 Å². The van der Waals surface area contributed by atoms with Gasteiger partial charge in [0.15, 0.2) is 6.29 Å². The number of hydrogen-bond donors (Lipinski definition) is 0. The van der Waals surface area contributed by atoms with E-state index in [-0.39, 0.29) is 23.6 Å². The van der Waals surface area contributed by atoms with Gasteiger partial charge in [-0.3, -0.25) is 14.9 Å². The SMILES string of the molecule is CC(C)(C#N)CCOc1ccc([N+](=O)[O-])cc1C=O. The molecule has 0 atom stereocenters. The molecule has 0 unspecified atom stereocenters. The van der Waals surface area contributed by atoms with Crippen molar-refractivity contribution in [2.75, 3.05) is 6.61 Å². The zero-order valence-electron chi connectivity index (χ0n) is 10.8. The van der Waals surface area contributed by atoms with E-state index in [1.54, 1.807) is 13.8 Å². The van der Waals surface area contributed by atoms with Crippen molar-refractivity contribution >= 4 is 12.0 Å². The largest absolute Gasteiger partial charge is 0.493 e. The van der Waals surface area contributed by atoms with Crippen LogP contribution in [0.1, 0.15) is 30.6 Å². The maximum absolute atomic E-state index is 10.9. The highest BCUT2D eigenvalue weighted by molar-refractivity contribution is 5.80. The fraction of sp³-hybridized carbons (Fsp3) is 0.385. The number of ether oxygens (including phenoxy) is 1. The Balaban J connectivity index is 2.77. The molecule has 0 saturated heterocycles. The van der Waals surface area contributed by atoms with Gasteiger partial charge in [-0.15, -0.1) is 0 Å². The second kappa shape index (κ2) is 5.96. The summed E-state index contributed by atoms with van der Waals surface area (Å²) < 4.78 is 5.40. The molecule has 1 aromatic carbocycles.